The summed E-state index contributed by atoms with van der Waals surface area (Å²) >= 11 is 6.44. The summed E-state index contributed by atoms with van der Waals surface area (Å²) in [6, 6.07) is 13.2. The summed E-state index contributed by atoms with van der Waals surface area (Å²) in [6.45, 7) is 4.53. The molecule has 1 aliphatic carbocycles. The second kappa shape index (κ2) is 8.46. The average Bonchev–Trinajstić information content (AvgIpc) is 3.54. The predicted molar refractivity (Wildman–Crippen MR) is 139 cm³/mol. The number of ether oxygens (including phenoxy) is 1. The molecule has 6 rings (SSSR count). The van der Waals surface area contributed by atoms with Crippen molar-refractivity contribution in [2.24, 2.45) is 5.92 Å². The maximum Gasteiger partial charge on any atom is 0.263 e. The van der Waals surface area contributed by atoms with Gasteiger partial charge in [-0.05, 0) is 48.6 Å². The summed E-state index contributed by atoms with van der Waals surface area (Å²) in [6.07, 6.45) is 2.94. The first kappa shape index (κ1) is 23.7. The standard InChI is InChI=1S/C26H23ClN4O5S/c1-15(2)14-35-24-20(27)10-16(13-28-24)31-21-12-22-18(11-19(21)26(8-9-26)25(31)32)23(29-36-22)30-37(33,34)17-6-4-3-5-7-17/h3-7,10-13,15H,8-9,14H2,1-2H3,(H,29,30). The van der Waals surface area contributed by atoms with Crippen molar-refractivity contribution in [2.75, 3.05) is 16.2 Å². The number of carbonyl (C=O) groups excluding carboxylic acids is 1. The number of pyridine rings is 1. The van der Waals surface area contributed by atoms with Gasteiger partial charge < -0.3 is 9.26 Å². The molecule has 4 aromatic rings. The van der Waals surface area contributed by atoms with E-state index in [-0.39, 0.29) is 16.6 Å². The molecule has 0 unspecified atom stereocenters. The summed E-state index contributed by atoms with van der Waals surface area (Å²) in [5.41, 5.74) is 1.62. The largest absolute Gasteiger partial charge is 0.476 e. The minimum atomic E-state index is -3.87. The van der Waals surface area contributed by atoms with E-state index in [1.165, 1.54) is 12.1 Å². The Labute approximate surface area is 218 Å². The Morgan fingerprint density at radius 2 is 1.95 bits per heavy atom. The van der Waals surface area contributed by atoms with Crippen LogP contribution in [0.5, 0.6) is 5.88 Å². The fourth-order valence-electron chi connectivity index (χ4n) is 4.59. The van der Waals surface area contributed by atoms with Crippen LogP contribution in [-0.2, 0) is 20.2 Å². The fourth-order valence-corrected chi connectivity index (χ4v) is 5.84. The van der Waals surface area contributed by atoms with Crippen LogP contribution in [0.15, 0.2) is 64.1 Å². The molecule has 11 heteroatoms. The van der Waals surface area contributed by atoms with E-state index in [0.29, 0.717) is 58.6 Å². The zero-order valence-electron chi connectivity index (χ0n) is 20.1. The highest BCUT2D eigenvalue weighted by molar-refractivity contribution is 7.92. The Morgan fingerprint density at radius 3 is 2.62 bits per heavy atom. The molecule has 3 heterocycles. The number of benzene rings is 2. The van der Waals surface area contributed by atoms with Crippen molar-refractivity contribution >= 4 is 55.7 Å². The molecule has 0 saturated heterocycles. The van der Waals surface area contributed by atoms with Crippen molar-refractivity contribution in [1.82, 2.24) is 10.1 Å². The zero-order chi connectivity index (χ0) is 25.9. The van der Waals surface area contributed by atoms with Crippen molar-refractivity contribution in [3.8, 4) is 5.88 Å². The molecule has 1 N–H and O–H groups in total. The van der Waals surface area contributed by atoms with Crippen LogP contribution in [0.25, 0.3) is 11.0 Å². The summed E-state index contributed by atoms with van der Waals surface area (Å²) < 4.78 is 39.4. The molecule has 0 atom stereocenters. The number of carbonyl (C=O) groups is 1. The predicted octanol–water partition coefficient (Wildman–Crippen LogP) is 5.42. The second-order valence-corrected chi connectivity index (χ2v) is 11.8. The average molecular weight is 539 g/mol. The van der Waals surface area contributed by atoms with Gasteiger partial charge in [-0.2, -0.15) is 0 Å². The van der Waals surface area contributed by atoms with E-state index in [1.54, 1.807) is 47.5 Å². The van der Waals surface area contributed by atoms with Crippen LogP contribution in [0.1, 0.15) is 32.3 Å². The molecule has 1 fully saturated rings. The molecule has 9 nitrogen and oxygen atoms in total. The van der Waals surface area contributed by atoms with Crippen molar-refractivity contribution < 1.29 is 22.5 Å². The van der Waals surface area contributed by atoms with Gasteiger partial charge in [-0.1, -0.05) is 48.8 Å². The number of sulfonamides is 1. The van der Waals surface area contributed by atoms with Gasteiger partial charge in [0.15, 0.2) is 11.4 Å². The van der Waals surface area contributed by atoms with Gasteiger partial charge in [0.25, 0.3) is 10.0 Å². The number of anilines is 3. The zero-order valence-corrected chi connectivity index (χ0v) is 21.6. The maximum atomic E-state index is 13.6. The molecule has 1 saturated carbocycles. The molecule has 0 bridgehead atoms. The van der Waals surface area contributed by atoms with Gasteiger partial charge in [-0.25, -0.2) is 13.4 Å². The van der Waals surface area contributed by atoms with Gasteiger partial charge in [-0.15, -0.1) is 0 Å². The highest BCUT2D eigenvalue weighted by atomic mass is 35.5. The van der Waals surface area contributed by atoms with Crippen LogP contribution in [0.2, 0.25) is 5.02 Å². The Bertz CT molecular complexity index is 1650. The van der Waals surface area contributed by atoms with Crippen molar-refractivity contribution in [3.63, 3.8) is 0 Å². The van der Waals surface area contributed by atoms with Gasteiger partial charge in [0.2, 0.25) is 11.8 Å². The lowest BCUT2D eigenvalue weighted by Crippen LogP contribution is -2.28. The highest BCUT2D eigenvalue weighted by Gasteiger charge is 2.60. The van der Waals surface area contributed by atoms with Crippen molar-refractivity contribution in [1.29, 1.82) is 0 Å². The Morgan fingerprint density at radius 1 is 1.19 bits per heavy atom. The van der Waals surface area contributed by atoms with Crippen molar-refractivity contribution in [2.45, 2.75) is 37.0 Å². The molecule has 1 spiro atoms. The molecule has 2 aromatic carbocycles. The van der Waals surface area contributed by atoms with E-state index in [1.807, 2.05) is 13.8 Å². The van der Waals surface area contributed by atoms with E-state index in [9.17, 15) is 13.2 Å². The normalized spacial score (nSPS) is 16.0. The summed E-state index contributed by atoms with van der Waals surface area (Å²) in [5.74, 6) is 0.613. The molecule has 2 aromatic heterocycles. The van der Waals surface area contributed by atoms with E-state index in [2.05, 4.69) is 14.9 Å². The van der Waals surface area contributed by atoms with E-state index < -0.39 is 15.4 Å². The maximum absolute atomic E-state index is 13.6. The molecule has 0 radical (unpaired) electrons. The van der Waals surface area contributed by atoms with Crippen LogP contribution < -0.4 is 14.4 Å². The number of hydrogen-bond donors (Lipinski definition) is 1. The van der Waals surface area contributed by atoms with Crippen LogP contribution in [0.4, 0.5) is 17.2 Å². The summed E-state index contributed by atoms with van der Waals surface area (Å²) in [7, 11) is -3.87. The van der Waals surface area contributed by atoms with Crippen LogP contribution >= 0.6 is 11.6 Å². The third kappa shape index (κ3) is 3.91. The molecule has 1 aliphatic heterocycles. The monoisotopic (exact) mass is 538 g/mol. The molecule has 2 aliphatic rings. The van der Waals surface area contributed by atoms with Gasteiger partial charge in [0.1, 0.15) is 5.02 Å². The summed E-state index contributed by atoms with van der Waals surface area (Å²) in [4.78, 5) is 19.7. The molecular formula is C26H23ClN4O5S. The SMILES string of the molecule is CC(C)COc1ncc(N2C(=O)C3(CC3)c3cc4c(NS(=O)(=O)c5ccccc5)noc4cc32)cc1Cl. The van der Waals surface area contributed by atoms with Gasteiger partial charge >= 0.3 is 0 Å². The van der Waals surface area contributed by atoms with E-state index >= 15 is 0 Å². The van der Waals surface area contributed by atoms with Crippen LogP contribution in [0, 0.1) is 5.92 Å². The topological polar surface area (TPSA) is 115 Å². The number of halogens is 1. The number of hydrogen-bond acceptors (Lipinski definition) is 7. The number of fused-ring (bicyclic) bond motifs is 3. The lowest BCUT2D eigenvalue weighted by molar-refractivity contribution is -0.119. The van der Waals surface area contributed by atoms with E-state index in [0.717, 1.165) is 5.56 Å². The number of nitrogens with zero attached hydrogens (tertiary/aromatic N) is 3. The van der Waals surface area contributed by atoms with Gasteiger partial charge in [0, 0.05) is 6.07 Å². The first-order valence-corrected chi connectivity index (χ1v) is 13.7. The van der Waals surface area contributed by atoms with Crippen LogP contribution in [0.3, 0.4) is 0 Å². The third-order valence-electron chi connectivity index (χ3n) is 6.60. The van der Waals surface area contributed by atoms with Gasteiger partial charge in [0.05, 0.1) is 39.9 Å². The lowest BCUT2D eigenvalue weighted by atomic mass is 9.96. The smallest absolute Gasteiger partial charge is 0.263 e. The molecule has 37 heavy (non-hydrogen) atoms. The lowest BCUT2D eigenvalue weighted by Gasteiger charge is -2.19. The minimum Gasteiger partial charge on any atom is -0.476 e. The number of nitrogens with one attached hydrogen (secondary N) is 1. The molecule has 190 valence electrons. The second-order valence-electron chi connectivity index (χ2n) is 9.72. The number of aromatic nitrogens is 2. The summed E-state index contributed by atoms with van der Waals surface area (Å²) in [5, 5.41) is 4.76. The quantitative estimate of drug-likeness (QED) is 0.334. The molecular weight excluding hydrogens is 516 g/mol. The Balaban J connectivity index is 1.39. The third-order valence-corrected chi connectivity index (χ3v) is 8.22. The number of rotatable bonds is 7. The Kier molecular flexibility index (Phi) is 5.43. The van der Waals surface area contributed by atoms with Crippen LogP contribution in [-0.4, -0.2) is 31.1 Å². The Hall–Kier alpha value is -3.63. The first-order valence-electron chi connectivity index (χ1n) is 11.8. The van der Waals surface area contributed by atoms with E-state index in [4.69, 9.17) is 20.9 Å². The number of amides is 1. The van der Waals surface area contributed by atoms with Gasteiger partial charge in [-0.3, -0.25) is 14.4 Å². The minimum absolute atomic E-state index is 0.0692. The van der Waals surface area contributed by atoms with Crippen molar-refractivity contribution in [3.05, 3.63) is 65.3 Å². The molecule has 1 amide bonds. The first-order chi connectivity index (χ1) is 17.7. The highest BCUT2D eigenvalue weighted by Crippen LogP contribution is 2.60. The fraction of sp³-hybridized carbons (Fsp3) is 0.269.